The molecule has 1 aromatic carbocycles. The van der Waals surface area contributed by atoms with Crippen LogP contribution in [0.3, 0.4) is 0 Å². The lowest BCUT2D eigenvalue weighted by Crippen LogP contribution is -2.60. The van der Waals surface area contributed by atoms with Gasteiger partial charge in [0.2, 0.25) is 0 Å². The van der Waals surface area contributed by atoms with E-state index in [0.29, 0.717) is 5.54 Å². The summed E-state index contributed by atoms with van der Waals surface area (Å²) in [6, 6.07) is 6.55. The highest BCUT2D eigenvalue weighted by atomic mass is 79.9. The van der Waals surface area contributed by atoms with Gasteiger partial charge in [0, 0.05) is 29.6 Å². The largest absolute Gasteiger partial charge is 0.367 e. The fraction of sp³-hybridized carbons (Fsp3) is 0.600. The molecule has 1 atom stereocenters. The number of halogens is 1. The molecule has 98 valence electrons. The van der Waals surface area contributed by atoms with Gasteiger partial charge in [-0.25, -0.2) is 0 Å². The quantitative estimate of drug-likeness (QED) is 0.901. The summed E-state index contributed by atoms with van der Waals surface area (Å²) in [6.45, 7) is 7.87. The summed E-state index contributed by atoms with van der Waals surface area (Å²) in [7, 11) is 0. The molecule has 1 aliphatic carbocycles. The molecule has 3 rings (SSSR count). The van der Waals surface area contributed by atoms with Crippen LogP contribution in [-0.2, 0) is 0 Å². The molecule has 2 fully saturated rings. The van der Waals surface area contributed by atoms with Gasteiger partial charge in [0.05, 0.1) is 5.69 Å². The first kappa shape index (κ1) is 12.5. The molecule has 1 N–H and O–H groups in total. The lowest BCUT2D eigenvalue weighted by atomic mass is 9.92. The predicted octanol–water partition coefficient (Wildman–Crippen LogP) is 3.34. The molecule has 2 nitrogen and oxygen atoms in total. The van der Waals surface area contributed by atoms with E-state index in [1.165, 1.54) is 28.6 Å². The molecule has 1 heterocycles. The molecule has 0 radical (unpaired) electrons. The predicted molar refractivity (Wildman–Crippen MR) is 80.2 cm³/mol. The number of hydrogen-bond donors (Lipinski definition) is 1. The van der Waals surface area contributed by atoms with Crippen LogP contribution >= 0.6 is 15.9 Å². The summed E-state index contributed by atoms with van der Waals surface area (Å²) < 4.78 is 1.25. The molecule has 1 saturated heterocycles. The number of nitrogens with zero attached hydrogens (tertiary/aromatic N) is 1. The van der Waals surface area contributed by atoms with Crippen molar-refractivity contribution in [3.63, 3.8) is 0 Å². The number of piperazine rings is 1. The normalized spacial score (nSPS) is 28.5. The summed E-state index contributed by atoms with van der Waals surface area (Å²) in [5, 5.41) is 3.73. The molecule has 0 spiro atoms. The van der Waals surface area contributed by atoms with E-state index in [9.17, 15) is 0 Å². The van der Waals surface area contributed by atoms with Crippen molar-refractivity contribution in [1.29, 1.82) is 0 Å². The average Bonchev–Trinajstić information content (AvgIpc) is 3.17. The van der Waals surface area contributed by atoms with Crippen LogP contribution in [0.5, 0.6) is 0 Å². The molecule has 1 saturated carbocycles. The van der Waals surface area contributed by atoms with Gasteiger partial charge in [-0.15, -0.1) is 0 Å². The van der Waals surface area contributed by atoms with Crippen LogP contribution in [0, 0.1) is 12.8 Å². The number of aryl methyl sites for hydroxylation is 1. The third-order valence-corrected chi connectivity index (χ3v) is 5.45. The lowest BCUT2D eigenvalue weighted by molar-refractivity contribution is 0.285. The molecule has 2 aliphatic rings. The van der Waals surface area contributed by atoms with E-state index < -0.39 is 0 Å². The summed E-state index contributed by atoms with van der Waals surface area (Å²) in [4.78, 5) is 2.53. The Hall–Kier alpha value is -0.540. The maximum atomic E-state index is 3.74. The third-order valence-electron chi connectivity index (χ3n) is 4.42. The van der Waals surface area contributed by atoms with Crippen molar-refractivity contribution in [3.05, 3.63) is 28.2 Å². The summed E-state index contributed by atoms with van der Waals surface area (Å²) >= 11 is 3.74. The van der Waals surface area contributed by atoms with Gasteiger partial charge >= 0.3 is 0 Å². The third kappa shape index (κ3) is 2.19. The Labute approximate surface area is 118 Å². The zero-order valence-corrected chi connectivity index (χ0v) is 12.8. The zero-order valence-electron chi connectivity index (χ0n) is 11.2. The Balaban J connectivity index is 1.85. The minimum atomic E-state index is 0.307. The van der Waals surface area contributed by atoms with Crippen molar-refractivity contribution in [2.24, 2.45) is 5.92 Å². The zero-order chi connectivity index (χ0) is 12.8. The van der Waals surface area contributed by atoms with E-state index in [4.69, 9.17) is 0 Å². The number of hydrogen-bond acceptors (Lipinski definition) is 2. The molecule has 0 aromatic heterocycles. The maximum absolute atomic E-state index is 3.74. The first-order valence-electron chi connectivity index (χ1n) is 6.85. The van der Waals surface area contributed by atoms with Gasteiger partial charge in [-0.1, -0.05) is 12.1 Å². The second-order valence-corrected chi connectivity index (χ2v) is 6.74. The van der Waals surface area contributed by atoms with E-state index in [1.54, 1.807) is 0 Å². The molecule has 0 amide bonds. The first-order valence-corrected chi connectivity index (χ1v) is 7.64. The molecule has 3 heteroatoms. The number of benzene rings is 1. The van der Waals surface area contributed by atoms with Crippen molar-refractivity contribution < 1.29 is 0 Å². The minimum Gasteiger partial charge on any atom is -0.367 e. The fourth-order valence-corrected chi connectivity index (χ4v) is 3.60. The van der Waals surface area contributed by atoms with Crippen LogP contribution in [0.4, 0.5) is 5.69 Å². The molecule has 1 aromatic rings. The van der Waals surface area contributed by atoms with Crippen LogP contribution in [0.1, 0.15) is 25.3 Å². The lowest BCUT2D eigenvalue weighted by Gasteiger charge is -2.43. The van der Waals surface area contributed by atoms with E-state index in [1.807, 2.05) is 0 Å². The van der Waals surface area contributed by atoms with Crippen LogP contribution < -0.4 is 10.2 Å². The van der Waals surface area contributed by atoms with Gasteiger partial charge in [-0.3, -0.25) is 0 Å². The van der Waals surface area contributed by atoms with Crippen LogP contribution in [-0.4, -0.2) is 25.2 Å². The van der Waals surface area contributed by atoms with Crippen LogP contribution in [0.2, 0.25) is 0 Å². The summed E-state index contributed by atoms with van der Waals surface area (Å²) in [5.74, 6) is 0.879. The van der Waals surface area contributed by atoms with Crippen LogP contribution in [0.15, 0.2) is 22.7 Å². The van der Waals surface area contributed by atoms with Crippen molar-refractivity contribution in [3.8, 4) is 0 Å². The highest BCUT2D eigenvalue weighted by molar-refractivity contribution is 9.10. The Morgan fingerprint density at radius 1 is 1.39 bits per heavy atom. The topological polar surface area (TPSA) is 15.3 Å². The van der Waals surface area contributed by atoms with Crippen molar-refractivity contribution in [2.45, 2.75) is 32.2 Å². The van der Waals surface area contributed by atoms with Gasteiger partial charge in [0.1, 0.15) is 0 Å². The highest BCUT2D eigenvalue weighted by Crippen LogP contribution is 2.42. The first-order chi connectivity index (χ1) is 8.60. The Morgan fingerprint density at radius 2 is 2.17 bits per heavy atom. The molecular weight excluding hydrogens is 288 g/mol. The van der Waals surface area contributed by atoms with Gasteiger partial charge < -0.3 is 10.2 Å². The number of anilines is 1. The van der Waals surface area contributed by atoms with Crippen LogP contribution in [0.25, 0.3) is 0 Å². The SMILES string of the molecule is Cc1cccc(N2CCNC(C)(C3CC3)C2)c1Br. The van der Waals surface area contributed by atoms with Gasteiger partial charge in [-0.2, -0.15) is 0 Å². The van der Waals surface area contributed by atoms with Gasteiger partial charge in [-0.05, 0) is 60.2 Å². The van der Waals surface area contributed by atoms with Crippen molar-refractivity contribution in [2.75, 3.05) is 24.5 Å². The van der Waals surface area contributed by atoms with Gasteiger partial charge in [0.15, 0.2) is 0 Å². The molecule has 0 bridgehead atoms. The summed E-state index contributed by atoms with van der Waals surface area (Å²) in [6.07, 6.45) is 2.79. The Kier molecular flexibility index (Phi) is 3.15. The number of rotatable bonds is 2. The second kappa shape index (κ2) is 4.53. The van der Waals surface area contributed by atoms with Crippen molar-refractivity contribution >= 4 is 21.6 Å². The van der Waals surface area contributed by atoms with E-state index >= 15 is 0 Å². The molecule has 1 aliphatic heterocycles. The second-order valence-electron chi connectivity index (χ2n) is 5.95. The Morgan fingerprint density at radius 3 is 2.89 bits per heavy atom. The highest BCUT2D eigenvalue weighted by Gasteiger charge is 2.44. The van der Waals surface area contributed by atoms with E-state index in [2.05, 4.69) is 58.2 Å². The fourth-order valence-electron chi connectivity index (χ4n) is 3.08. The standard InChI is InChI=1S/C15H21BrN2/c1-11-4-3-5-13(14(11)16)18-9-8-17-15(2,10-18)12-6-7-12/h3-5,12,17H,6-10H2,1-2H3. The van der Waals surface area contributed by atoms with Crippen molar-refractivity contribution in [1.82, 2.24) is 5.32 Å². The van der Waals surface area contributed by atoms with E-state index in [0.717, 1.165) is 25.6 Å². The Bertz CT molecular complexity index is 456. The summed E-state index contributed by atoms with van der Waals surface area (Å²) in [5.41, 5.74) is 2.98. The maximum Gasteiger partial charge on any atom is 0.0514 e. The van der Waals surface area contributed by atoms with Gasteiger partial charge in [0.25, 0.3) is 0 Å². The average molecular weight is 309 g/mol. The monoisotopic (exact) mass is 308 g/mol. The molecular formula is C15H21BrN2. The smallest absolute Gasteiger partial charge is 0.0514 e. The molecule has 18 heavy (non-hydrogen) atoms. The minimum absolute atomic E-state index is 0.307. The number of nitrogens with one attached hydrogen (secondary N) is 1. The van der Waals surface area contributed by atoms with E-state index in [-0.39, 0.29) is 0 Å². The molecule has 1 unspecified atom stereocenters.